The van der Waals surface area contributed by atoms with Crippen molar-refractivity contribution in [2.24, 2.45) is 5.92 Å². The molecular formula is C10H10ClFO2S. The predicted octanol–water partition coefficient (Wildman–Crippen LogP) is 3.09. The van der Waals surface area contributed by atoms with Crippen LogP contribution in [-0.2, 0) is 10.2 Å². The van der Waals surface area contributed by atoms with Crippen molar-refractivity contribution in [3.8, 4) is 0 Å². The van der Waals surface area contributed by atoms with Crippen LogP contribution >= 0.6 is 11.6 Å². The van der Waals surface area contributed by atoms with Crippen LogP contribution in [0.15, 0.2) is 24.3 Å². The first-order chi connectivity index (χ1) is 6.98. The fraction of sp³-hybridized carbons (Fsp3) is 0.400. The van der Waals surface area contributed by atoms with E-state index in [-0.39, 0.29) is 5.92 Å². The molecule has 0 saturated heterocycles. The third kappa shape index (κ3) is 2.49. The molecule has 0 heterocycles. The van der Waals surface area contributed by atoms with Crippen LogP contribution in [0.1, 0.15) is 23.7 Å². The topological polar surface area (TPSA) is 34.1 Å². The van der Waals surface area contributed by atoms with Gasteiger partial charge in [-0.25, -0.2) is 0 Å². The second-order valence-corrected chi connectivity index (χ2v) is 5.68. The van der Waals surface area contributed by atoms with Gasteiger partial charge in [-0.05, 0) is 36.5 Å². The fourth-order valence-corrected chi connectivity index (χ4v) is 3.06. The number of rotatable bonds is 3. The van der Waals surface area contributed by atoms with E-state index in [1.165, 1.54) is 0 Å². The van der Waals surface area contributed by atoms with Gasteiger partial charge in [0.25, 0.3) is 0 Å². The van der Waals surface area contributed by atoms with Crippen LogP contribution in [0.25, 0.3) is 0 Å². The van der Waals surface area contributed by atoms with E-state index in [2.05, 4.69) is 0 Å². The van der Waals surface area contributed by atoms with Gasteiger partial charge < -0.3 is 0 Å². The summed E-state index contributed by atoms with van der Waals surface area (Å²) in [5, 5.41) is -0.487. The highest BCUT2D eigenvalue weighted by Gasteiger charge is 2.41. The first-order valence-corrected chi connectivity index (χ1v) is 6.50. The predicted molar refractivity (Wildman–Crippen MR) is 56.9 cm³/mol. The second kappa shape index (κ2) is 3.76. The second-order valence-electron chi connectivity index (χ2n) is 3.79. The summed E-state index contributed by atoms with van der Waals surface area (Å²) in [5.41, 5.74) is 0.490. The van der Waals surface area contributed by atoms with Crippen molar-refractivity contribution in [1.82, 2.24) is 0 Å². The SMILES string of the molecule is O=S(=O)(F)C(c1ccc(Cl)cc1)C1CC1. The van der Waals surface area contributed by atoms with Gasteiger partial charge in [-0.1, -0.05) is 23.7 Å². The molecule has 0 aliphatic heterocycles. The Labute approximate surface area is 93.3 Å². The summed E-state index contributed by atoms with van der Waals surface area (Å²) in [4.78, 5) is 0. The van der Waals surface area contributed by atoms with Gasteiger partial charge in [0.2, 0.25) is 0 Å². The van der Waals surface area contributed by atoms with Gasteiger partial charge >= 0.3 is 10.2 Å². The van der Waals surface area contributed by atoms with Crippen LogP contribution in [-0.4, -0.2) is 8.42 Å². The minimum absolute atomic E-state index is 0.0684. The molecule has 0 amide bonds. The van der Waals surface area contributed by atoms with E-state index >= 15 is 0 Å². The number of benzene rings is 1. The molecule has 1 aromatic rings. The molecule has 0 radical (unpaired) electrons. The zero-order chi connectivity index (χ0) is 11.1. The van der Waals surface area contributed by atoms with Crippen LogP contribution < -0.4 is 0 Å². The summed E-state index contributed by atoms with van der Waals surface area (Å²) in [6.07, 6.45) is 1.55. The Morgan fingerprint density at radius 1 is 1.27 bits per heavy atom. The van der Waals surface area contributed by atoms with Crippen LogP contribution in [0.4, 0.5) is 3.89 Å². The minimum atomic E-state index is -4.51. The molecule has 82 valence electrons. The van der Waals surface area contributed by atoms with Gasteiger partial charge in [-0.15, -0.1) is 3.89 Å². The van der Waals surface area contributed by atoms with Crippen molar-refractivity contribution in [2.75, 3.05) is 0 Å². The smallest absolute Gasteiger partial charge is 0.194 e. The van der Waals surface area contributed by atoms with Crippen molar-refractivity contribution in [3.63, 3.8) is 0 Å². The highest BCUT2D eigenvalue weighted by Crippen LogP contribution is 2.46. The lowest BCUT2D eigenvalue weighted by molar-refractivity contribution is 0.526. The molecule has 0 N–H and O–H groups in total. The molecule has 5 heteroatoms. The monoisotopic (exact) mass is 248 g/mol. The summed E-state index contributed by atoms with van der Waals surface area (Å²) < 4.78 is 35.1. The number of hydrogen-bond donors (Lipinski definition) is 0. The van der Waals surface area contributed by atoms with Crippen LogP contribution in [0.2, 0.25) is 5.02 Å². The molecule has 1 aromatic carbocycles. The maximum Gasteiger partial charge on any atom is 0.309 e. The first-order valence-electron chi connectivity index (χ1n) is 4.67. The molecule has 0 bridgehead atoms. The van der Waals surface area contributed by atoms with Crippen LogP contribution in [0.3, 0.4) is 0 Å². The van der Waals surface area contributed by atoms with E-state index in [0.29, 0.717) is 10.6 Å². The van der Waals surface area contributed by atoms with E-state index in [1.807, 2.05) is 0 Å². The summed E-state index contributed by atoms with van der Waals surface area (Å²) >= 11 is 5.68. The highest BCUT2D eigenvalue weighted by molar-refractivity contribution is 7.86. The van der Waals surface area contributed by atoms with Crippen molar-refractivity contribution >= 4 is 21.8 Å². The normalized spacial score (nSPS) is 18.8. The fourth-order valence-electron chi connectivity index (χ4n) is 1.72. The molecule has 2 nitrogen and oxygen atoms in total. The highest BCUT2D eigenvalue weighted by atomic mass is 35.5. The Bertz CT molecular complexity index is 451. The lowest BCUT2D eigenvalue weighted by Gasteiger charge is -2.11. The Morgan fingerprint density at radius 2 is 1.80 bits per heavy atom. The molecule has 0 spiro atoms. The molecule has 0 aromatic heterocycles. The molecule has 1 atom stereocenters. The van der Waals surface area contributed by atoms with Crippen molar-refractivity contribution < 1.29 is 12.3 Å². The molecule has 1 aliphatic carbocycles. The zero-order valence-corrected chi connectivity index (χ0v) is 9.43. The molecule has 1 unspecified atom stereocenters. The van der Waals surface area contributed by atoms with Crippen LogP contribution in [0.5, 0.6) is 0 Å². The Balaban J connectivity index is 2.37. The van der Waals surface area contributed by atoms with Crippen LogP contribution in [0, 0.1) is 5.92 Å². The van der Waals surface area contributed by atoms with Gasteiger partial charge in [0, 0.05) is 5.02 Å². The lowest BCUT2D eigenvalue weighted by atomic mass is 10.1. The molecule has 1 saturated carbocycles. The van der Waals surface area contributed by atoms with Gasteiger partial charge in [-0.3, -0.25) is 0 Å². The Morgan fingerprint density at radius 3 is 2.20 bits per heavy atom. The van der Waals surface area contributed by atoms with Crippen molar-refractivity contribution in [1.29, 1.82) is 0 Å². The maximum absolute atomic E-state index is 13.1. The van der Waals surface area contributed by atoms with Gasteiger partial charge in [0.15, 0.2) is 0 Å². The van der Waals surface area contributed by atoms with Crippen molar-refractivity contribution in [2.45, 2.75) is 18.1 Å². The zero-order valence-electron chi connectivity index (χ0n) is 7.86. The number of halogens is 2. The Kier molecular flexibility index (Phi) is 2.73. The van der Waals surface area contributed by atoms with E-state index < -0.39 is 15.5 Å². The first kappa shape index (κ1) is 10.9. The summed E-state index contributed by atoms with van der Waals surface area (Å²) in [6.45, 7) is 0. The molecule has 1 fully saturated rings. The minimum Gasteiger partial charge on any atom is -0.194 e. The summed E-state index contributed by atoms with van der Waals surface area (Å²) in [7, 11) is -4.51. The summed E-state index contributed by atoms with van der Waals surface area (Å²) in [5.74, 6) is -0.0684. The van der Waals surface area contributed by atoms with Gasteiger partial charge in [-0.2, -0.15) is 8.42 Å². The standard InChI is InChI=1S/C10H10ClFO2S/c11-9-5-3-8(4-6-9)10(7-1-2-7)15(12,13)14/h3-7,10H,1-2H2. The van der Waals surface area contributed by atoms with Gasteiger partial charge in [0.05, 0.1) is 0 Å². The Hall–Kier alpha value is -0.610. The van der Waals surface area contributed by atoms with E-state index in [1.54, 1.807) is 24.3 Å². The molecule has 2 rings (SSSR count). The summed E-state index contributed by atoms with van der Waals surface area (Å²) in [6, 6.07) is 6.31. The maximum atomic E-state index is 13.1. The molecular weight excluding hydrogens is 239 g/mol. The van der Waals surface area contributed by atoms with Crippen molar-refractivity contribution in [3.05, 3.63) is 34.9 Å². The molecule has 1 aliphatic rings. The average Bonchev–Trinajstić information content (AvgIpc) is 2.90. The van der Waals surface area contributed by atoms with Gasteiger partial charge in [0.1, 0.15) is 5.25 Å². The quantitative estimate of drug-likeness (QED) is 0.771. The average molecular weight is 249 g/mol. The number of hydrogen-bond acceptors (Lipinski definition) is 2. The lowest BCUT2D eigenvalue weighted by Crippen LogP contribution is -2.10. The third-order valence-electron chi connectivity index (χ3n) is 2.55. The van der Waals surface area contributed by atoms with E-state index in [4.69, 9.17) is 11.6 Å². The molecule has 15 heavy (non-hydrogen) atoms. The third-order valence-corrected chi connectivity index (χ3v) is 4.07. The van der Waals surface area contributed by atoms with E-state index in [9.17, 15) is 12.3 Å². The largest absolute Gasteiger partial charge is 0.309 e. The van der Waals surface area contributed by atoms with E-state index in [0.717, 1.165) is 12.8 Å².